The number of carbonyl (C=O) groups is 2. The van der Waals surface area contributed by atoms with Crippen molar-refractivity contribution < 1.29 is 14.8 Å². The summed E-state index contributed by atoms with van der Waals surface area (Å²) in [6.45, 7) is 0.708. The molecule has 20 heavy (non-hydrogen) atoms. The minimum absolute atomic E-state index is 0.0326. The number of nitrogens with one attached hydrogen (secondary N) is 1. The van der Waals surface area contributed by atoms with Gasteiger partial charge in [0.15, 0.2) is 0 Å². The average Bonchev–Trinajstić information content (AvgIpc) is 2.50. The van der Waals surface area contributed by atoms with Crippen molar-refractivity contribution in [1.29, 1.82) is 0 Å². The lowest BCUT2D eigenvalue weighted by molar-refractivity contribution is -0.129. The molecular formula is C15H22N2O3. The van der Waals surface area contributed by atoms with Gasteiger partial charge in [-0.25, -0.2) is 5.48 Å². The molecule has 0 aromatic heterocycles. The first-order valence-electron chi connectivity index (χ1n) is 6.88. The zero-order valence-corrected chi connectivity index (χ0v) is 11.8. The summed E-state index contributed by atoms with van der Waals surface area (Å²) < 4.78 is 0. The number of hydrogen-bond donors (Lipinski definition) is 2. The zero-order valence-electron chi connectivity index (χ0n) is 11.8. The zero-order chi connectivity index (χ0) is 14.8. The van der Waals surface area contributed by atoms with Gasteiger partial charge in [0.1, 0.15) is 0 Å². The lowest BCUT2D eigenvalue weighted by atomic mass is 10.1. The second-order valence-corrected chi connectivity index (χ2v) is 4.79. The van der Waals surface area contributed by atoms with Crippen LogP contribution in [0.15, 0.2) is 30.3 Å². The van der Waals surface area contributed by atoms with Crippen LogP contribution in [0.2, 0.25) is 0 Å². The van der Waals surface area contributed by atoms with E-state index in [0.717, 1.165) is 25.7 Å². The van der Waals surface area contributed by atoms with Gasteiger partial charge in [0.25, 0.3) is 5.91 Å². The minimum Gasteiger partial charge on any atom is -0.342 e. The molecule has 5 heteroatoms. The minimum atomic E-state index is -0.346. The molecule has 5 nitrogen and oxygen atoms in total. The Balaban J connectivity index is 2.16. The molecule has 2 N–H and O–H groups in total. The van der Waals surface area contributed by atoms with Crippen molar-refractivity contribution in [3.8, 4) is 0 Å². The fourth-order valence-corrected chi connectivity index (χ4v) is 1.95. The molecular weight excluding hydrogens is 256 g/mol. The number of benzene rings is 1. The quantitative estimate of drug-likeness (QED) is 0.435. The SMILES string of the molecule is CN(CCCCCCC(=O)NO)C(=O)c1ccccc1. The maximum atomic E-state index is 12.0. The number of carbonyl (C=O) groups excluding carboxylic acids is 2. The summed E-state index contributed by atoms with van der Waals surface area (Å²) in [4.78, 5) is 24.5. The molecule has 0 heterocycles. The van der Waals surface area contributed by atoms with E-state index in [9.17, 15) is 9.59 Å². The highest BCUT2D eigenvalue weighted by Crippen LogP contribution is 2.07. The van der Waals surface area contributed by atoms with Crippen LogP contribution in [0.4, 0.5) is 0 Å². The number of hydroxylamine groups is 1. The summed E-state index contributed by atoms with van der Waals surface area (Å²) in [5, 5.41) is 8.34. The molecule has 1 aromatic rings. The Morgan fingerprint density at radius 1 is 1.10 bits per heavy atom. The molecule has 0 radical (unpaired) electrons. The van der Waals surface area contributed by atoms with E-state index in [1.807, 2.05) is 30.3 Å². The van der Waals surface area contributed by atoms with E-state index in [1.165, 1.54) is 0 Å². The van der Waals surface area contributed by atoms with Crippen molar-refractivity contribution in [1.82, 2.24) is 10.4 Å². The largest absolute Gasteiger partial charge is 0.342 e. The lowest BCUT2D eigenvalue weighted by Gasteiger charge is -2.17. The number of hydrogen-bond acceptors (Lipinski definition) is 3. The van der Waals surface area contributed by atoms with E-state index in [2.05, 4.69) is 0 Å². The van der Waals surface area contributed by atoms with Crippen molar-refractivity contribution in [2.45, 2.75) is 32.1 Å². The van der Waals surface area contributed by atoms with Crippen LogP contribution >= 0.6 is 0 Å². The second kappa shape index (κ2) is 9.09. The van der Waals surface area contributed by atoms with Crippen LogP contribution in [-0.2, 0) is 4.79 Å². The molecule has 2 amide bonds. The van der Waals surface area contributed by atoms with Crippen molar-refractivity contribution in [3.05, 3.63) is 35.9 Å². The monoisotopic (exact) mass is 278 g/mol. The molecule has 0 fully saturated rings. The summed E-state index contributed by atoms with van der Waals surface area (Å²) in [7, 11) is 1.80. The van der Waals surface area contributed by atoms with Gasteiger partial charge in [-0.05, 0) is 25.0 Å². The molecule has 0 aliphatic heterocycles. The van der Waals surface area contributed by atoms with Gasteiger partial charge in [0, 0.05) is 25.6 Å². The van der Waals surface area contributed by atoms with Gasteiger partial charge in [-0.3, -0.25) is 14.8 Å². The third-order valence-electron chi connectivity index (χ3n) is 3.14. The lowest BCUT2D eigenvalue weighted by Crippen LogP contribution is -2.27. The van der Waals surface area contributed by atoms with E-state index in [4.69, 9.17) is 5.21 Å². The summed E-state index contributed by atoms with van der Waals surface area (Å²) in [5.41, 5.74) is 2.32. The normalized spacial score (nSPS) is 10.1. The number of unbranched alkanes of at least 4 members (excludes halogenated alkanes) is 3. The van der Waals surface area contributed by atoms with Crippen LogP contribution in [0.5, 0.6) is 0 Å². The third-order valence-corrected chi connectivity index (χ3v) is 3.14. The van der Waals surface area contributed by atoms with Crippen molar-refractivity contribution in [2.75, 3.05) is 13.6 Å². The van der Waals surface area contributed by atoms with Crippen molar-refractivity contribution in [3.63, 3.8) is 0 Å². The maximum absolute atomic E-state index is 12.0. The van der Waals surface area contributed by atoms with Gasteiger partial charge >= 0.3 is 0 Å². The molecule has 110 valence electrons. The molecule has 0 aliphatic rings. The first-order chi connectivity index (χ1) is 9.65. The Labute approximate surface area is 119 Å². The Bertz CT molecular complexity index is 420. The van der Waals surface area contributed by atoms with Crippen molar-refractivity contribution >= 4 is 11.8 Å². The highest BCUT2D eigenvalue weighted by atomic mass is 16.5. The highest BCUT2D eigenvalue weighted by Gasteiger charge is 2.10. The molecule has 1 rings (SSSR count). The van der Waals surface area contributed by atoms with Crippen LogP contribution in [0.3, 0.4) is 0 Å². The topological polar surface area (TPSA) is 69.6 Å². The summed E-state index contributed by atoms with van der Waals surface area (Å²) in [5.74, 6) is -0.313. The van der Waals surface area contributed by atoms with Gasteiger partial charge in [-0.2, -0.15) is 0 Å². The Morgan fingerprint density at radius 2 is 1.75 bits per heavy atom. The molecule has 0 bridgehead atoms. The molecule has 0 atom stereocenters. The average molecular weight is 278 g/mol. The van der Waals surface area contributed by atoms with Gasteiger partial charge in [0.05, 0.1) is 0 Å². The molecule has 0 saturated heterocycles. The predicted octanol–water partition coefficient (Wildman–Crippen LogP) is 2.21. The van der Waals surface area contributed by atoms with Crippen molar-refractivity contribution in [2.24, 2.45) is 0 Å². The molecule has 0 saturated carbocycles. The predicted molar refractivity (Wildman–Crippen MR) is 76.4 cm³/mol. The van der Waals surface area contributed by atoms with E-state index >= 15 is 0 Å². The molecule has 0 spiro atoms. The first kappa shape index (κ1) is 16.2. The summed E-state index contributed by atoms with van der Waals surface area (Å²) in [6.07, 6.45) is 3.89. The van der Waals surface area contributed by atoms with Gasteiger partial charge in [0.2, 0.25) is 5.91 Å². The summed E-state index contributed by atoms with van der Waals surface area (Å²) >= 11 is 0. The second-order valence-electron chi connectivity index (χ2n) is 4.79. The number of amides is 2. The molecule has 0 aliphatic carbocycles. The fraction of sp³-hybridized carbons (Fsp3) is 0.467. The maximum Gasteiger partial charge on any atom is 0.253 e. The first-order valence-corrected chi connectivity index (χ1v) is 6.88. The van der Waals surface area contributed by atoms with Crippen LogP contribution in [0.1, 0.15) is 42.5 Å². The summed E-state index contributed by atoms with van der Waals surface area (Å²) in [6, 6.07) is 9.22. The van der Waals surface area contributed by atoms with Gasteiger partial charge in [-0.15, -0.1) is 0 Å². The van der Waals surface area contributed by atoms with Crippen LogP contribution in [-0.4, -0.2) is 35.5 Å². The molecule has 1 aromatic carbocycles. The van der Waals surface area contributed by atoms with Gasteiger partial charge < -0.3 is 4.90 Å². The van der Waals surface area contributed by atoms with Crippen LogP contribution in [0, 0.1) is 0 Å². The Morgan fingerprint density at radius 3 is 2.40 bits per heavy atom. The van der Waals surface area contributed by atoms with Crippen LogP contribution in [0.25, 0.3) is 0 Å². The van der Waals surface area contributed by atoms with Crippen LogP contribution < -0.4 is 5.48 Å². The molecule has 0 unspecified atom stereocenters. The smallest absolute Gasteiger partial charge is 0.253 e. The standard InChI is InChI=1S/C15H22N2O3/c1-17(15(19)13-9-5-4-6-10-13)12-8-3-2-7-11-14(18)16-20/h4-6,9-10,20H,2-3,7-8,11-12H2,1H3,(H,16,18). The highest BCUT2D eigenvalue weighted by molar-refractivity contribution is 5.93. The Kier molecular flexibility index (Phi) is 7.35. The van der Waals surface area contributed by atoms with Gasteiger partial charge in [-0.1, -0.05) is 31.0 Å². The third kappa shape index (κ3) is 5.84. The van der Waals surface area contributed by atoms with E-state index in [0.29, 0.717) is 18.5 Å². The number of rotatable bonds is 8. The number of nitrogens with zero attached hydrogens (tertiary/aromatic N) is 1. The van der Waals surface area contributed by atoms with E-state index in [-0.39, 0.29) is 11.8 Å². The van der Waals surface area contributed by atoms with E-state index < -0.39 is 0 Å². The van der Waals surface area contributed by atoms with E-state index in [1.54, 1.807) is 17.4 Å². The fourth-order valence-electron chi connectivity index (χ4n) is 1.95. The Hall–Kier alpha value is -1.88.